The van der Waals surface area contributed by atoms with Crippen molar-refractivity contribution in [3.8, 4) is 16.9 Å². The van der Waals surface area contributed by atoms with Crippen molar-refractivity contribution >= 4 is 28.3 Å². The van der Waals surface area contributed by atoms with Crippen molar-refractivity contribution in [2.45, 2.75) is 37.8 Å². The molecular weight excluding hydrogens is 378 g/mol. The van der Waals surface area contributed by atoms with Crippen LogP contribution < -0.4 is 5.32 Å². The van der Waals surface area contributed by atoms with Crippen molar-refractivity contribution in [1.29, 1.82) is 0 Å². The number of carbonyl (C=O) groups excluding carboxylic acids is 2. The predicted octanol–water partition coefficient (Wildman–Crippen LogP) is 1.88. The van der Waals surface area contributed by atoms with Gasteiger partial charge in [0.1, 0.15) is 12.4 Å². The van der Waals surface area contributed by atoms with Gasteiger partial charge < -0.3 is 10.2 Å². The fraction of sp³-hybridized carbons (Fsp3) is 0.333. The topological polar surface area (TPSA) is 106 Å². The molecule has 0 bridgehead atoms. The predicted molar refractivity (Wildman–Crippen MR) is 102 cm³/mol. The van der Waals surface area contributed by atoms with Gasteiger partial charge in [-0.05, 0) is 41.8 Å². The molecular formula is C18H17N7O2S. The van der Waals surface area contributed by atoms with Crippen LogP contribution in [0, 0.1) is 0 Å². The van der Waals surface area contributed by atoms with Gasteiger partial charge in [0, 0.05) is 23.4 Å². The number of nitrogens with one attached hydrogen (secondary N) is 1. The Kier molecular flexibility index (Phi) is 4.12. The highest BCUT2D eigenvalue weighted by Crippen LogP contribution is 2.35. The average molecular weight is 395 g/mol. The van der Waals surface area contributed by atoms with Gasteiger partial charge in [-0.3, -0.25) is 9.59 Å². The Hall–Kier alpha value is -3.14. The van der Waals surface area contributed by atoms with Crippen LogP contribution in [-0.4, -0.2) is 54.0 Å². The van der Waals surface area contributed by atoms with Gasteiger partial charge in [-0.15, -0.1) is 16.4 Å². The molecule has 1 aromatic carbocycles. The lowest BCUT2D eigenvalue weighted by atomic mass is 10.1. The summed E-state index contributed by atoms with van der Waals surface area (Å²) in [6.07, 6.45) is 4.54. The first-order valence-electron chi connectivity index (χ1n) is 9.10. The minimum atomic E-state index is -0.379. The van der Waals surface area contributed by atoms with E-state index in [2.05, 4.69) is 25.8 Å². The van der Waals surface area contributed by atoms with Gasteiger partial charge in [0.2, 0.25) is 11.8 Å². The third-order valence-corrected chi connectivity index (χ3v) is 5.75. The molecule has 5 rings (SSSR count). The number of thiazole rings is 1. The van der Waals surface area contributed by atoms with Crippen LogP contribution in [0.15, 0.2) is 36.0 Å². The molecule has 1 N–H and O–H groups in total. The highest BCUT2D eigenvalue weighted by Gasteiger charge is 2.44. The lowest BCUT2D eigenvalue weighted by Gasteiger charge is -2.23. The Morgan fingerprint density at radius 3 is 2.93 bits per heavy atom. The monoisotopic (exact) mass is 395 g/mol. The highest BCUT2D eigenvalue weighted by atomic mass is 32.1. The van der Waals surface area contributed by atoms with E-state index in [0.717, 1.165) is 29.8 Å². The third-order valence-electron chi connectivity index (χ3n) is 4.99. The van der Waals surface area contributed by atoms with E-state index in [1.54, 1.807) is 9.58 Å². The molecule has 2 amide bonds. The molecule has 0 spiro atoms. The molecule has 28 heavy (non-hydrogen) atoms. The quantitative estimate of drug-likeness (QED) is 0.707. The number of amides is 2. The smallest absolute Gasteiger partial charge is 0.248 e. The number of benzene rings is 1. The summed E-state index contributed by atoms with van der Waals surface area (Å²) in [5.41, 5.74) is 2.49. The van der Waals surface area contributed by atoms with E-state index in [-0.39, 0.29) is 23.9 Å². The molecule has 1 atom stereocenters. The standard InChI is InChI=1S/C18H17N7O2S/c26-16-7-6-15(25(16)12-4-5-12)17(27)21-18-20-14(9-28-18)11-2-1-3-13(8-11)24-10-19-22-23-24/h1-3,8-10,12,15H,4-7H2,(H,20,21,27). The van der Waals surface area contributed by atoms with Gasteiger partial charge in [0.05, 0.1) is 11.4 Å². The lowest BCUT2D eigenvalue weighted by molar-refractivity contribution is -0.133. The molecule has 1 aliphatic heterocycles. The molecule has 142 valence electrons. The van der Waals surface area contributed by atoms with Crippen molar-refractivity contribution < 1.29 is 9.59 Å². The van der Waals surface area contributed by atoms with Gasteiger partial charge in [-0.25, -0.2) is 9.67 Å². The van der Waals surface area contributed by atoms with E-state index in [9.17, 15) is 9.59 Å². The summed E-state index contributed by atoms with van der Waals surface area (Å²) in [4.78, 5) is 31.1. The van der Waals surface area contributed by atoms with E-state index >= 15 is 0 Å². The SMILES string of the molecule is O=C(Nc1nc(-c2cccc(-n3cnnn3)c2)cs1)C1CCC(=O)N1C1CC1. The first-order chi connectivity index (χ1) is 13.7. The van der Waals surface area contributed by atoms with Crippen molar-refractivity contribution in [3.63, 3.8) is 0 Å². The van der Waals surface area contributed by atoms with Crippen molar-refractivity contribution in [2.75, 3.05) is 5.32 Å². The molecule has 1 saturated heterocycles. The number of anilines is 1. The van der Waals surface area contributed by atoms with E-state index in [1.807, 2.05) is 29.6 Å². The van der Waals surface area contributed by atoms with Crippen LogP contribution in [0.3, 0.4) is 0 Å². The van der Waals surface area contributed by atoms with Crippen molar-refractivity contribution in [2.24, 2.45) is 0 Å². The number of nitrogens with zero attached hydrogens (tertiary/aromatic N) is 6. The summed E-state index contributed by atoms with van der Waals surface area (Å²) in [7, 11) is 0. The second-order valence-electron chi connectivity index (χ2n) is 6.92. The fourth-order valence-electron chi connectivity index (χ4n) is 3.51. The van der Waals surface area contributed by atoms with Crippen LogP contribution >= 0.6 is 11.3 Å². The number of aromatic nitrogens is 5. The number of rotatable bonds is 5. The maximum absolute atomic E-state index is 12.7. The van der Waals surface area contributed by atoms with Gasteiger partial charge >= 0.3 is 0 Å². The Labute approximate surface area is 164 Å². The first-order valence-corrected chi connectivity index (χ1v) is 9.98. The summed E-state index contributed by atoms with van der Waals surface area (Å²) in [6.45, 7) is 0. The minimum absolute atomic E-state index is 0.0851. The van der Waals surface area contributed by atoms with E-state index in [4.69, 9.17) is 0 Å². The van der Waals surface area contributed by atoms with Crippen LogP contribution in [0.2, 0.25) is 0 Å². The summed E-state index contributed by atoms with van der Waals surface area (Å²) in [6, 6.07) is 7.54. The van der Waals surface area contributed by atoms with Crippen LogP contribution in [0.25, 0.3) is 16.9 Å². The molecule has 10 heteroatoms. The molecule has 3 aromatic rings. The van der Waals surface area contributed by atoms with Crippen LogP contribution in [0.4, 0.5) is 5.13 Å². The van der Waals surface area contributed by atoms with Gasteiger partial charge in [-0.1, -0.05) is 12.1 Å². The molecule has 2 aromatic heterocycles. The van der Waals surface area contributed by atoms with E-state index < -0.39 is 0 Å². The number of tetrazole rings is 1. The minimum Gasteiger partial charge on any atom is -0.328 e. The van der Waals surface area contributed by atoms with Crippen molar-refractivity contribution in [3.05, 3.63) is 36.0 Å². The second-order valence-corrected chi connectivity index (χ2v) is 7.78. The van der Waals surface area contributed by atoms with Crippen LogP contribution in [0.1, 0.15) is 25.7 Å². The fourth-order valence-corrected chi connectivity index (χ4v) is 4.23. The maximum atomic E-state index is 12.7. The van der Waals surface area contributed by atoms with Gasteiger partial charge in [0.15, 0.2) is 5.13 Å². The molecule has 1 saturated carbocycles. The zero-order chi connectivity index (χ0) is 19.1. The number of carbonyl (C=O) groups is 2. The summed E-state index contributed by atoms with van der Waals surface area (Å²) >= 11 is 1.37. The highest BCUT2D eigenvalue weighted by molar-refractivity contribution is 7.14. The Bertz CT molecular complexity index is 1030. The molecule has 2 fully saturated rings. The second kappa shape index (κ2) is 6.79. The molecule has 1 aliphatic carbocycles. The molecule has 9 nitrogen and oxygen atoms in total. The van der Waals surface area contributed by atoms with E-state index in [0.29, 0.717) is 18.0 Å². The summed E-state index contributed by atoms with van der Waals surface area (Å²) in [5, 5.41) is 16.5. The summed E-state index contributed by atoms with van der Waals surface area (Å²) in [5.74, 6) is -0.0667. The molecule has 1 unspecified atom stereocenters. The Morgan fingerprint density at radius 1 is 1.25 bits per heavy atom. The average Bonchev–Trinajstić information content (AvgIpc) is 3.12. The number of hydrogen-bond acceptors (Lipinski definition) is 7. The zero-order valence-corrected chi connectivity index (χ0v) is 15.7. The molecule has 3 heterocycles. The normalized spacial score (nSPS) is 19.2. The largest absolute Gasteiger partial charge is 0.328 e. The van der Waals surface area contributed by atoms with Gasteiger partial charge in [-0.2, -0.15) is 0 Å². The zero-order valence-electron chi connectivity index (χ0n) is 14.9. The number of likely N-dealkylation sites (tertiary alicyclic amines) is 1. The van der Waals surface area contributed by atoms with Crippen LogP contribution in [-0.2, 0) is 9.59 Å². The molecule has 2 aliphatic rings. The Morgan fingerprint density at radius 2 is 2.14 bits per heavy atom. The lowest BCUT2D eigenvalue weighted by Crippen LogP contribution is -2.42. The Balaban J connectivity index is 1.32. The maximum Gasteiger partial charge on any atom is 0.248 e. The number of hydrogen-bond donors (Lipinski definition) is 1. The van der Waals surface area contributed by atoms with E-state index in [1.165, 1.54) is 17.7 Å². The van der Waals surface area contributed by atoms with Gasteiger partial charge in [0.25, 0.3) is 0 Å². The summed E-state index contributed by atoms with van der Waals surface area (Å²) < 4.78 is 1.57. The third kappa shape index (κ3) is 3.15. The molecule has 0 radical (unpaired) electrons. The van der Waals surface area contributed by atoms with Crippen LogP contribution in [0.5, 0.6) is 0 Å². The first kappa shape index (κ1) is 17.0. The van der Waals surface area contributed by atoms with Crippen molar-refractivity contribution in [1.82, 2.24) is 30.1 Å².